The van der Waals surface area contributed by atoms with Crippen LogP contribution in [-0.4, -0.2) is 32.8 Å². The smallest absolute Gasteiger partial charge is 0.306 e. The lowest BCUT2D eigenvalue weighted by Gasteiger charge is -2.26. The number of carboxylic acids is 1. The molecule has 2 N–H and O–H groups in total. The number of rotatable bonds is 5. The molecule has 0 atom stereocenters. The number of para-hydroxylation sites is 1. The molecule has 7 heteroatoms. The largest absolute Gasteiger partial charge is 0.481 e. The molecule has 0 spiro atoms. The number of furan rings is 1. The van der Waals surface area contributed by atoms with Crippen LogP contribution in [0.3, 0.4) is 0 Å². The van der Waals surface area contributed by atoms with Crippen molar-refractivity contribution in [1.82, 2.24) is 15.1 Å². The molecule has 0 aliphatic heterocycles. The van der Waals surface area contributed by atoms with Gasteiger partial charge in [-0.3, -0.25) is 9.59 Å². The van der Waals surface area contributed by atoms with Crippen molar-refractivity contribution in [3.63, 3.8) is 0 Å². The van der Waals surface area contributed by atoms with E-state index in [0.29, 0.717) is 42.7 Å². The predicted octanol–water partition coefficient (Wildman–Crippen LogP) is 3.81. The minimum atomic E-state index is -0.755. The van der Waals surface area contributed by atoms with Gasteiger partial charge in [0.05, 0.1) is 17.2 Å². The topological polar surface area (TPSA) is 97.4 Å². The highest BCUT2D eigenvalue weighted by Crippen LogP contribution is 2.28. The number of nitrogens with zero attached hydrogens (tertiary/aromatic N) is 2. The average molecular weight is 393 g/mol. The highest BCUT2D eigenvalue weighted by molar-refractivity contribution is 5.99. The number of carbonyl (C=O) groups excluding carboxylic acids is 1. The summed E-state index contributed by atoms with van der Waals surface area (Å²) in [5, 5.41) is 16.8. The normalized spacial score (nSPS) is 19.1. The van der Waals surface area contributed by atoms with Gasteiger partial charge in [0.15, 0.2) is 5.76 Å². The summed E-state index contributed by atoms with van der Waals surface area (Å²) in [6.45, 7) is 1.85. The first-order valence-electron chi connectivity index (χ1n) is 9.77. The summed E-state index contributed by atoms with van der Waals surface area (Å²) in [6.07, 6.45) is 4.18. The van der Waals surface area contributed by atoms with E-state index >= 15 is 0 Å². The maximum absolute atomic E-state index is 13.1. The number of amides is 1. The van der Waals surface area contributed by atoms with Gasteiger partial charge in [-0.2, -0.15) is 5.10 Å². The minimum absolute atomic E-state index is 0.0376. The first-order valence-corrected chi connectivity index (χ1v) is 9.77. The number of hydrogen-bond donors (Lipinski definition) is 2. The Morgan fingerprint density at radius 1 is 1.10 bits per heavy atom. The van der Waals surface area contributed by atoms with E-state index in [1.165, 1.54) is 0 Å². The Labute approximate surface area is 168 Å². The van der Waals surface area contributed by atoms with Crippen LogP contribution in [0, 0.1) is 12.8 Å². The summed E-state index contributed by atoms with van der Waals surface area (Å²) < 4.78 is 7.39. The molecule has 1 fully saturated rings. The second-order valence-electron chi connectivity index (χ2n) is 7.44. The first kappa shape index (κ1) is 19.0. The first-order chi connectivity index (χ1) is 14.0. The van der Waals surface area contributed by atoms with Gasteiger partial charge in [-0.25, -0.2) is 4.68 Å². The van der Waals surface area contributed by atoms with Crippen LogP contribution in [0.4, 0.5) is 0 Å². The van der Waals surface area contributed by atoms with Crippen molar-refractivity contribution in [3.8, 4) is 17.1 Å². The van der Waals surface area contributed by atoms with Crippen molar-refractivity contribution in [2.45, 2.75) is 38.6 Å². The number of benzene rings is 1. The molecule has 7 nitrogen and oxygen atoms in total. The molecule has 29 heavy (non-hydrogen) atoms. The van der Waals surface area contributed by atoms with Crippen molar-refractivity contribution in [1.29, 1.82) is 0 Å². The van der Waals surface area contributed by atoms with Crippen LogP contribution in [0.1, 0.15) is 41.8 Å². The Kier molecular flexibility index (Phi) is 5.20. The number of aromatic nitrogens is 2. The van der Waals surface area contributed by atoms with Crippen LogP contribution in [-0.2, 0) is 4.79 Å². The zero-order valence-electron chi connectivity index (χ0n) is 16.2. The number of aliphatic carboxylic acids is 1. The van der Waals surface area contributed by atoms with Gasteiger partial charge in [0.25, 0.3) is 5.91 Å². The maximum atomic E-state index is 13.1. The zero-order chi connectivity index (χ0) is 20.4. The van der Waals surface area contributed by atoms with Gasteiger partial charge in [0.1, 0.15) is 11.5 Å². The summed E-state index contributed by atoms with van der Waals surface area (Å²) in [7, 11) is 0. The van der Waals surface area contributed by atoms with E-state index in [9.17, 15) is 9.59 Å². The Morgan fingerprint density at radius 2 is 1.83 bits per heavy atom. The van der Waals surface area contributed by atoms with Crippen LogP contribution >= 0.6 is 0 Å². The lowest BCUT2D eigenvalue weighted by molar-refractivity contribution is -0.142. The van der Waals surface area contributed by atoms with Crippen LogP contribution < -0.4 is 5.32 Å². The highest BCUT2D eigenvalue weighted by Gasteiger charge is 2.28. The molecule has 1 aliphatic carbocycles. The standard InChI is InChI=1S/C22H23N3O4/c1-14-7-12-19(29-14)20-18(13-25(24-20)17-5-3-2-4-6-17)21(26)23-16-10-8-15(9-11-16)22(27)28/h2-7,12-13,15-16H,8-11H2,1H3,(H,23,26)(H,27,28). The van der Waals surface area contributed by atoms with E-state index in [1.54, 1.807) is 10.9 Å². The van der Waals surface area contributed by atoms with Crippen molar-refractivity contribution in [2.24, 2.45) is 5.92 Å². The molecule has 3 aromatic rings. The van der Waals surface area contributed by atoms with Gasteiger partial charge in [0.2, 0.25) is 0 Å². The van der Waals surface area contributed by atoms with Crippen molar-refractivity contribution in [2.75, 3.05) is 0 Å². The van der Waals surface area contributed by atoms with Crippen LogP contribution in [0.25, 0.3) is 17.1 Å². The molecule has 1 saturated carbocycles. The Morgan fingerprint density at radius 3 is 2.45 bits per heavy atom. The van der Waals surface area contributed by atoms with Gasteiger partial charge in [-0.05, 0) is 56.9 Å². The molecule has 1 aliphatic rings. The quantitative estimate of drug-likeness (QED) is 0.687. The van der Waals surface area contributed by atoms with E-state index in [4.69, 9.17) is 9.52 Å². The van der Waals surface area contributed by atoms with Crippen LogP contribution in [0.5, 0.6) is 0 Å². The van der Waals surface area contributed by atoms with Gasteiger partial charge in [-0.1, -0.05) is 18.2 Å². The maximum Gasteiger partial charge on any atom is 0.306 e. The fourth-order valence-corrected chi connectivity index (χ4v) is 3.74. The van der Waals surface area contributed by atoms with Crippen LogP contribution in [0.15, 0.2) is 53.1 Å². The summed E-state index contributed by atoms with van der Waals surface area (Å²) in [4.78, 5) is 24.2. The van der Waals surface area contributed by atoms with Gasteiger partial charge < -0.3 is 14.8 Å². The molecule has 150 valence electrons. The third kappa shape index (κ3) is 4.08. The summed E-state index contributed by atoms with van der Waals surface area (Å²) in [5.41, 5.74) is 1.76. The van der Waals surface area contributed by atoms with Crippen molar-refractivity contribution < 1.29 is 19.1 Å². The minimum Gasteiger partial charge on any atom is -0.481 e. The molecule has 4 rings (SSSR count). The van der Waals surface area contributed by atoms with E-state index in [2.05, 4.69) is 10.4 Å². The van der Waals surface area contributed by atoms with Gasteiger partial charge in [-0.15, -0.1) is 0 Å². The SMILES string of the molecule is Cc1ccc(-c2nn(-c3ccccc3)cc2C(=O)NC2CCC(C(=O)O)CC2)o1. The molecular weight excluding hydrogens is 370 g/mol. The number of nitrogens with one attached hydrogen (secondary N) is 1. The molecule has 2 heterocycles. The Balaban J connectivity index is 1.59. The molecule has 0 unspecified atom stereocenters. The zero-order valence-corrected chi connectivity index (χ0v) is 16.2. The van der Waals surface area contributed by atoms with E-state index in [-0.39, 0.29) is 17.9 Å². The second-order valence-corrected chi connectivity index (χ2v) is 7.44. The molecule has 1 aromatic carbocycles. The molecular formula is C22H23N3O4. The molecule has 1 amide bonds. The second kappa shape index (κ2) is 7.95. The Bertz CT molecular complexity index is 1010. The molecule has 0 radical (unpaired) electrons. The average Bonchev–Trinajstić information content (AvgIpc) is 3.35. The highest BCUT2D eigenvalue weighted by atomic mass is 16.4. The summed E-state index contributed by atoms with van der Waals surface area (Å²) in [6, 6.07) is 13.2. The lowest BCUT2D eigenvalue weighted by atomic mass is 9.86. The van der Waals surface area contributed by atoms with Crippen LogP contribution in [0.2, 0.25) is 0 Å². The van der Waals surface area contributed by atoms with Crippen molar-refractivity contribution in [3.05, 3.63) is 60.0 Å². The third-order valence-electron chi connectivity index (χ3n) is 5.36. The van der Waals surface area contributed by atoms with Gasteiger partial charge in [0, 0.05) is 12.2 Å². The molecule has 0 bridgehead atoms. The van der Waals surface area contributed by atoms with E-state index in [0.717, 1.165) is 11.4 Å². The number of hydrogen-bond acceptors (Lipinski definition) is 4. The van der Waals surface area contributed by atoms with E-state index < -0.39 is 5.97 Å². The van der Waals surface area contributed by atoms with Gasteiger partial charge >= 0.3 is 5.97 Å². The van der Waals surface area contributed by atoms with E-state index in [1.807, 2.05) is 49.4 Å². The summed E-state index contributed by atoms with van der Waals surface area (Å²) in [5.74, 6) is -0.0143. The number of aryl methyl sites for hydroxylation is 1. The number of carboxylic acid groups (broad SMARTS) is 1. The van der Waals surface area contributed by atoms with Crippen molar-refractivity contribution >= 4 is 11.9 Å². The third-order valence-corrected chi connectivity index (χ3v) is 5.36. The summed E-state index contributed by atoms with van der Waals surface area (Å²) >= 11 is 0. The lowest BCUT2D eigenvalue weighted by Crippen LogP contribution is -2.38. The predicted molar refractivity (Wildman–Crippen MR) is 107 cm³/mol. The monoisotopic (exact) mass is 393 g/mol. The Hall–Kier alpha value is -3.35. The number of carbonyl (C=O) groups is 2. The molecule has 2 aromatic heterocycles. The fourth-order valence-electron chi connectivity index (χ4n) is 3.74. The molecule has 0 saturated heterocycles. The fraction of sp³-hybridized carbons (Fsp3) is 0.318.